The lowest BCUT2D eigenvalue weighted by Gasteiger charge is -2.14. The summed E-state index contributed by atoms with van der Waals surface area (Å²) in [5, 5.41) is 15.2. The van der Waals surface area contributed by atoms with Crippen molar-refractivity contribution in [2.45, 2.75) is 31.7 Å². The van der Waals surface area contributed by atoms with E-state index in [1.54, 1.807) is 12.1 Å². The molecule has 132 valence electrons. The average Bonchev–Trinajstić information content (AvgIpc) is 2.85. The molecule has 1 saturated heterocycles. The first-order chi connectivity index (χ1) is 9.95. The molecule has 23 heavy (non-hydrogen) atoms. The molecule has 1 aliphatic heterocycles. The highest BCUT2D eigenvalue weighted by Crippen LogP contribution is 2.13. The Balaban J connectivity index is 0.00000242. The van der Waals surface area contributed by atoms with Crippen molar-refractivity contribution in [1.82, 2.24) is 15.5 Å². The van der Waals surface area contributed by atoms with Gasteiger partial charge in [0.15, 0.2) is 0 Å². The first-order valence-corrected chi connectivity index (χ1v) is 7.07. The molecule has 2 atom stereocenters. The molecule has 1 amide bonds. The van der Waals surface area contributed by atoms with Crippen molar-refractivity contribution in [3.05, 3.63) is 35.1 Å². The van der Waals surface area contributed by atoms with Gasteiger partial charge in [-0.25, -0.2) is 4.39 Å². The van der Waals surface area contributed by atoms with Crippen LogP contribution in [0.3, 0.4) is 0 Å². The molecule has 0 radical (unpaired) electrons. The van der Waals surface area contributed by atoms with E-state index in [-0.39, 0.29) is 42.6 Å². The normalized spacial score (nSPS) is 19.9. The molecule has 0 spiro atoms. The van der Waals surface area contributed by atoms with Crippen LogP contribution in [0.5, 0.6) is 0 Å². The maximum atomic E-state index is 13.7. The summed E-state index contributed by atoms with van der Waals surface area (Å²) in [6.45, 7) is 1.32. The fourth-order valence-corrected chi connectivity index (χ4v) is 2.43. The minimum absolute atomic E-state index is 0. The molecule has 1 aromatic rings. The number of carbonyl (C=O) groups is 1. The first-order valence-electron chi connectivity index (χ1n) is 7.07. The number of nitrogens with one attached hydrogen (secondary N) is 2. The number of carbonyl (C=O) groups excluding carboxylic acids is 1. The van der Waals surface area contributed by atoms with E-state index in [1.807, 2.05) is 19.0 Å². The minimum atomic E-state index is -0.460. The van der Waals surface area contributed by atoms with E-state index in [0.717, 1.165) is 5.56 Å². The van der Waals surface area contributed by atoms with Crippen LogP contribution < -0.4 is 10.6 Å². The number of nitrogens with zero attached hydrogens (tertiary/aromatic N) is 1. The molecule has 5 nitrogen and oxygen atoms in total. The average molecular weight is 368 g/mol. The predicted octanol–water partition coefficient (Wildman–Crippen LogP) is 1.07. The fraction of sp³-hybridized carbons (Fsp3) is 0.533. The van der Waals surface area contributed by atoms with Crippen molar-refractivity contribution < 1.29 is 14.3 Å². The highest BCUT2D eigenvalue weighted by Gasteiger charge is 2.27. The molecule has 3 N–H and O–H groups in total. The van der Waals surface area contributed by atoms with Gasteiger partial charge in [-0.15, -0.1) is 24.8 Å². The quantitative estimate of drug-likeness (QED) is 0.728. The SMILES string of the molecule is CN(C)Cc1cc(CNC(=O)C2CC(O)CN2)ccc1F.Cl.Cl. The molecule has 0 saturated carbocycles. The number of hydrogen-bond donors (Lipinski definition) is 3. The number of halogens is 3. The summed E-state index contributed by atoms with van der Waals surface area (Å²) in [6, 6.07) is 4.53. The highest BCUT2D eigenvalue weighted by atomic mass is 35.5. The van der Waals surface area contributed by atoms with E-state index in [4.69, 9.17) is 0 Å². The van der Waals surface area contributed by atoms with E-state index in [1.165, 1.54) is 6.07 Å². The third kappa shape index (κ3) is 6.61. The van der Waals surface area contributed by atoms with Crippen LogP contribution in [0.2, 0.25) is 0 Å². The van der Waals surface area contributed by atoms with Gasteiger partial charge in [-0.2, -0.15) is 0 Å². The van der Waals surface area contributed by atoms with Crippen LogP contribution in [0.4, 0.5) is 4.39 Å². The van der Waals surface area contributed by atoms with Gasteiger partial charge in [-0.1, -0.05) is 6.07 Å². The van der Waals surface area contributed by atoms with Crippen LogP contribution in [0, 0.1) is 5.82 Å². The Kier molecular flexibility index (Phi) is 9.65. The fourth-order valence-electron chi connectivity index (χ4n) is 2.43. The van der Waals surface area contributed by atoms with Crippen LogP contribution >= 0.6 is 24.8 Å². The second-order valence-corrected chi connectivity index (χ2v) is 5.73. The molecule has 1 fully saturated rings. The lowest BCUT2D eigenvalue weighted by molar-refractivity contribution is -0.123. The van der Waals surface area contributed by atoms with Gasteiger partial charge in [-0.3, -0.25) is 4.79 Å². The van der Waals surface area contributed by atoms with Gasteiger partial charge in [0.05, 0.1) is 12.1 Å². The molecular weight excluding hydrogens is 344 g/mol. The van der Waals surface area contributed by atoms with Crippen LogP contribution in [0.25, 0.3) is 0 Å². The summed E-state index contributed by atoms with van der Waals surface area (Å²) in [5.41, 5.74) is 1.47. The topological polar surface area (TPSA) is 64.6 Å². The number of benzene rings is 1. The van der Waals surface area contributed by atoms with Crippen molar-refractivity contribution in [3.8, 4) is 0 Å². The molecule has 0 aliphatic carbocycles. The Hall–Kier alpha value is -0.920. The number of amides is 1. The monoisotopic (exact) mass is 367 g/mol. The van der Waals surface area contributed by atoms with Crippen LogP contribution in [0.1, 0.15) is 17.5 Å². The number of aliphatic hydroxyl groups excluding tert-OH is 1. The van der Waals surface area contributed by atoms with Gasteiger partial charge in [-0.05, 0) is 38.2 Å². The summed E-state index contributed by atoms with van der Waals surface area (Å²) >= 11 is 0. The van der Waals surface area contributed by atoms with Gasteiger partial charge in [0, 0.05) is 25.2 Å². The van der Waals surface area contributed by atoms with Gasteiger partial charge in [0.25, 0.3) is 0 Å². The van der Waals surface area contributed by atoms with E-state index >= 15 is 0 Å². The van der Waals surface area contributed by atoms with Crippen molar-refractivity contribution in [3.63, 3.8) is 0 Å². The van der Waals surface area contributed by atoms with Gasteiger partial charge in [0.2, 0.25) is 5.91 Å². The molecule has 0 bridgehead atoms. The van der Waals surface area contributed by atoms with E-state index in [0.29, 0.717) is 31.6 Å². The third-order valence-corrected chi connectivity index (χ3v) is 3.49. The second-order valence-electron chi connectivity index (χ2n) is 5.73. The largest absolute Gasteiger partial charge is 0.392 e. The van der Waals surface area contributed by atoms with Gasteiger partial charge in [0.1, 0.15) is 5.82 Å². The van der Waals surface area contributed by atoms with E-state index in [9.17, 15) is 14.3 Å². The van der Waals surface area contributed by atoms with E-state index in [2.05, 4.69) is 10.6 Å². The predicted molar refractivity (Wildman–Crippen MR) is 92.5 cm³/mol. The molecule has 1 aromatic carbocycles. The maximum absolute atomic E-state index is 13.7. The van der Waals surface area contributed by atoms with Gasteiger partial charge < -0.3 is 20.6 Å². The smallest absolute Gasteiger partial charge is 0.237 e. The summed E-state index contributed by atoms with van der Waals surface area (Å²) in [5.74, 6) is -0.371. The molecule has 2 unspecified atom stereocenters. The van der Waals surface area contributed by atoms with Crippen molar-refractivity contribution in [2.75, 3.05) is 20.6 Å². The summed E-state index contributed by atoms with van der Waals surface area (Å²) < 4.78 is 13.7. The maximum Gasteiger partial charge on any atom is 0.237 e. The Bertz CT molecular complexity index is 517. The Morgan fingerprint density at radius 1 is 1.43 bits per heavy atom. The Morgan fingerprint density at radius 2 is 2.13 bits per heavy atom. The van der Waals surface area contributed by atoms with Crippen LogP contribution in [0.15, 0.2) is 18.2 Å². The summed E-state index contributed by atoms with van der Waals surface area (Å²) in [7, 11) is 3.76. The van der Waals surface area contributed by atoms with Crippen molar-refractivity contribution in [1.29, 1.82) is 0 Å². The zero-order valence-corrected chi connectivity index (χ0v) is 14.8. The molecule has 0 aromatic heterocycles. The molecule has 1 heterocycles. The Morgan fingerprint density at radius 3 is 2.70 bits per heavy atom. The van der Waals surface area contributed by atoms with Crippen LogP contribution in [-0.2, 0) is 17.9 Å². The number of hydrogen-bond acceptors (Lipinski definition) is 4. The third-order valence-electron chi connectivity index (χ3n) is 3.49. The molecule has 2 rings (SSSR count). The molecule has 1 aliphatic rings. The summed E-state index contributed by atoms with van der Waals surface area (Å²) in [4.78, 5) is 13.8. The van der Waals surface area contributed by atoms with Crippen LogP contribution in [-0.4, -0.2) is 48.7 Å². The summed E-state index contributed by atoms with van der Waals surface area (Å²) in [6.07, 6.45) is -0.0283. The molecular formula is C15H24Cl2FN3O2. The first kappa shape index (κ1) is 22.1. The zero-order chi connectivity index (χ0) is 15.4. The number of rotatable bonds is 5. The van der Waals surface area contributed by atoms with Crippen molar-refractivity contribution >= 4 is 30.7 Å². The number of aliphatic hydroxyl groups is 1. The van der Waals surface area contributed by atoms with Crippen molar-refractivity contribution in [2.24, 2.45) is 0 Å². The second kappa shape index (κ2) is 10.1. The minimum Gasteiger partial charge on any atom is -0.392 e. The molecule has 8 heteroatoms. The highest BCUT2D eigenvalue weighted by molar-refractivity contribution is 5.85. The van der Waals surface area contributed by atoms with E-state index < -0.39 is 6.10 Å². The number of β-amino-alcohol motifs (C(OH)–C–C–N with tert-alkyl or cyclic N) is 1. The lowest BCUT2D eigenvalue weighted by Crippen LogP contribution is -2.40. The lowest BCUT2D eigenvalue weighted by atomic mass is 10.1. The van der Waals surface area contributed by atoms with Gasteiger partial charge >= 0.3 is 0 Å². The standard InChI is InChI=1S/C15H22FN3O2.2ClH/c1-19(2)9-11-5-10(3-4-13(11)16)7-18-15(21)14-6-12(20)8-17-14;;/h3-5,12,14,17,20H,6-9H2,1-2H3,(H,18,21);2*1H. The Labute approximate surface area is 148 Å². The zero-order valence-electron chi connectivity index (χ0n) is 13.2.